The maximum absolute atomic E-state index is 11.4. The lowest BCUT2D eigenvalue weighted by atomic mass is 10.1. The Morgan fingerprint density at radius 2 is 0.795 bits per heavy atom. The first-order valence-electron chi connectivity index (χ1n) is 15.1. The molecule has 39 heavy (non-hydrogen) atoms. The Kier molecular flexibility index (Phi) is 44.7. The number of carbonyl (C=O) groups is 2. The number of hydrogen-bond donors (Lipinski definition) is 10. The number of rotatable bonds is 27. The molecule has 0 aromatic carbocycles. The van der Waals surface area contributed by atoms with Gasteiger partial charge >= 0.3 is 0 Å². The van der Waals surface area contributed by atoms with E-state index in [4.69, 9.17) is 34.4 Å². The van der Waals surface area contributed by atoms with Crippen LogP contribution in [-0.4, -0.2) is 96.8 Å². The zero-order chi connectivity index (χ0) is 29.7. The van der Waals surface area contributed by atoms with Crippen molar-refractivity contribution in [3.63, 3.8) is 0 Å². The number of nitrogens with two attached hydrogens (primary N) is 6. The predicted octanol–water partition coefficient (Wildman–Crippen LogP) is -1.15. The predicted molar refractivity (Wildman–Crippen MR) is 166 cm³/mol. The first kappa shape index (κ1) is 42.2. The van der Waals surface area contributed by atoms with Crippen molar-refractivity contribution in [1.29, 1.82) is 0 Å². The molecule has 0 radical (unpaired) electrons. The van der Waals surface area contributed by atoms with E-state index in [1.165, 1.54) is 6.42 Å². The van der Waals surface area contributed by atoms with E-state index in [-0.39, 0.29) is 5.91 Å². The molecule has 0 spiro atoms. The van der Waals surface area contributed by atoms with Crippen LogP contribution in [0, 0.1) is 0 Å². The summed E-state index contributed by atoms with van der Waals surface area (Å²) in [6.07, 6.45) is 10.8. The van der Waals surface area contributed by atoms with Gasteiger partial charge in [-0.05, 0) is 110 Å². The SMILES string of the molecule is NCCCC(=O)CCCCNCCCCNC(=O)CCCN.NCCCCNCCCN.NCCNCCN. The number of carbonyl (C=O) groups excluding carboxylic acids is 2. The van der Waals surface area contributed by atoms with Crippen molar-refractivity contribution in [1.82, 2.24) is 21.3 Å². The van der Waals surface area contributed by atoms with Crippen LogP contribution in [-0.2, 0) is 9.59 Å². The van der Waals surface area contributed by atoms with Gasteiger partial charge in [0, 0.05) is 52.0 Å². The molecule has 12 nitrogen and oxygen atoms in total. The minimum atomic E-state index is 0.0951. The van der Waals surface area contributed by atoms with E-state index in [0.29, 0.717) is 51.2 Å². The van der Waals surface area contributed by atoms with Crippen LogP contribution in [0.1, 0.15) is 77.0 Å². The number of ketones is 1. The molecule has 0 aromatic heterocycles. The highest BCUT2D eigenvalue weighted by Gasteiger charge is 2.01. The van der Waals surface area contributed by atoms with Gasteiger partial charge in [-0.15, -0.1) is 0 Å². The Balaban J connectivity index is -0.000000624. The van der Waals surface area contributed by atoms with Gasteiger partial charge in [-0.25, -0.2) is 0 Å². The van der Waals surface area contributed by atoms with Crippen molar-refractivity contribution in [3.8, 4) is 0 Å². The lowest BCUT2D eigenvalue weighted by Gasteiger charge is -2.06. The monoisotopic (exact) mass is 563 g/mol. The third kappa shape index (κ3) is 47.0. The fourth-order valence-corrected chi connectivity index (χ4v) is 3.15. The number of hydrogen-bond acceptors (Lipinski definition) is 11. The molecule has 16 N–H and O–H groups in total. The molecule has 0 aliphatic carbocycles. The topological polar surface area (TPSA) is 238 Å². The number of unbranched alkanes of at least 4 members (excludes halogenated alkanes) is 3. The van der Waals surface area contributed by atoms with Gasteiger partial charge in [0.2, 0.25) is 5.91 Å². The number of nitrogens with one attached hydrogen (secondary N) is 4. The summed E-state index contributed by atoms with van der Waals surface area (Å²) >= 11 is 0. The second-order valence-corrected chi connectivity index (χ2v) is 9.30. The van der Waals surface area contributed by atoms with Crippen molar-refractivity contribution in [3.05, 3.63) is 0 Å². The zero-order valence-corrected chi connectivity index (χ0v) is 25.0. The summed E-state index contributed by atoms with van der Waals surface area (Å²) in [6, 6.07) is 0. The molecular formula is C27H66N10O2. The summed E-state index contributed by atoms with van der Waals surface area (Å²) in [7, 11) is 0. The molecule has 0 saturated heterocycles. The van der Waals surface area contributed by atoms with Gasteiger partial charge < -0.3 is 55.7 Å². The summed E-state index contributed by atoms with van der Waals surface area (Å²) in [5, 5.41) is 12.6. The summed E-state index contributed by atoms with van der Waals surface area (Å²) < 4.78 is 0. The Morgan fingerprint density at radius 3 is 1.33 bits per heavy atom. The van der Waals surface area contributed by atoms with Crippen molar-refractivity contribution < 1.29 is 9.59 Å². The van der Waals surface area contributed by atoms with Crippen LogP contribution in [0.2, 0.25) is 0 Å². The van der Waals surface area contributed by atoms with Gasteiger partial charge in [-0.2, -0.15) is 0 Å². The molecule has 1 amide bonds. The Bertz CT molecular complexity index is 434. The van der Waals surface area contributed by atoms with Gasteiger partial charge in [-0.1, -0.05) is 0 Å². The molecule has 0 aliphatic rings. The summed E-state index contributed by atoms with van der Waals surface area (Å²) in [6.45, 7) is 10.7. The van der Waals surface area contributed by atoms with Crippen molar-refractivity contribution in [2.75, 3.05) is 85.1 Å². The number of amides is 1. The van der Waals surface area contributed by atoms with E-state index in [1.54, 1.807) is 0 Å². The molecule has 0 atom stereocenters. The van der Waals surface area contributed by atoms with Gasteiger partial charge in [0.1, 0.15) is 5.78 Å². The van der Waals surface area contributed by atoms with Gasteiger partial charge in [0.15, 0.2) is 0 Å². The molecule has 12 heteroatoms. The largest absolute Gasteiger partial charge is 0.356 e. The molecular weight excluding hydrogens is 496 g/mol. The summed E-state index contributed by atoms with van der Waals surface area (Å²) in [4.78, 5) is 22.7. The van der Waals surface area contributed by atoms with Gasteiger partial charge in [0.25, 0.3) is 0 Å². The highest BCUT2D eigenvalue weighted by molar-refractivity contribution is 5.78. The summed E-state index contributed by atoms with van der Waals surface area (Å²) in [5.74, 6) is 0.425. The highest BCUT2D eigenvalue weighted by Crippen LogP contribution is 2.00. The second kappa shape index (κ2) is 41.3. The maximum Gasteiger partial charge on any atom is 0.220 e. The Morgan fingerprint density at radius 1 is 0.385 bits per heavy atom. The van der Waals surface area contributed by atoms with Crippen molar-refractivity contribution in [2.45, 2.75) is 77.0 Å². The molecule has 0 fully saturated rings. The molecule has 0 unspecified atom stereocenters. The van der Waals surface area contributed by atoms with Crippen molar-refractivity contribution in [2.24, 2.45) is 34.4 Å². The standard InChI is InChI=1S/C16H34N4O2.C7H19N3.C4H13N3/c17-10-5-8-15(21)7-1-2-12-19-13-3-4-14-20-16(22)9-6-11-18;8-4-1-2-6-10-7-3-5-9;5-1-3-7-4-2-6/h19H,1-14,17-18H2,(H,20,22);10H,1-9H2;7H,1-6H2. The van der Waals surface area contributed by atoms with Crippen LogP contribution < -0.4 is 55.7 Å². The quantitative estimate of drug-likeness (QED) is 0.0536. The minimum Gasteiger partial charge on any atom is -0.356 e. The minimum absolute atomic E-state index is 0.0951. The van der Waals surface area contributed by atoms with E-state index in [2.05, 4.69) is 21.3 Å². The Hall–Kier alpha value is -1.22. The van der Waals surface area contributed by atoms with E-state index in [0.717, 1.165) is 110 Å². The fourth-order valence-electron chi connectivity index (χ4n) is 3.15. The van der Waals surface area contributed by atoms with Gasteiger partial charge in [0.05, 0.1) is 0 Å². The smallest absolute Gasteiger partial charge is 0.220 e. The molecule has 0 heterocycles. The molecule has 0 saturated carbocycles. The van der Waals surface area contributed by atoms with Crippen molar-refractivity contribution >= 4 is 11.7 Å². The Labute approximate surface area is 239 Å². The van der Waals surface area contributed by atoms with E-state index < -0.39 is 0 Å². The fraction of sp³-hybridized carbons (Fsp3) is 0.926. The number of Topliss-reactive ketones (excluding diaryl/α,β-unsaturated/α-hetero) is 1. The third-order valence-corrected chi connectivity index (χ3v) is 5.44. The first-order valence-corrected chi connectivity index (χ1v) is 15.1. The summed E-state index contributed by atoms with van der Waals surface area (Å²) in [5.41, 5.74) is 31.7. The van der Waals surface area contributed by atoms with Crippen LogP contribution in [0.25, 0.3) is 0 Å². The third-order valence-electron chi connectivity index (χ3n) is 5.44. The van der Waals surface area contributed by atoms with E-state index in [9.17, 15) is 9.59 Å². The molecule has 236 valence electrons. The molecule has 0 aliphatic heterocycles. The molecule has 0 aromatic rings. The van der Waals surface area contributed by atoms with Crippen LogP contribution in [0.4, 0.5) is 0 Å². The van der Waals surface area contributed by atoms with Crippen LogP contribution in [0.5, 0.6) is 0 Å². The normalized spacial score (nSPS) is 10.3. The van der Waals surface area contributed by atoms with E-state index >= 15 is 0 Å². The maximum atomic E-state index is 11.4. The van der Waals surface area contributed by atoms with E-state index in [1.807, 2.05) is 0 Å². The van der Waals surface area contributed by atoms with Crippen LogP contribution >= 0.6 is 0 Å². The second-order valence-electron chi connectivity index (χ2n) is 9.30. The average molecular weight is 563 g/mol. The lowest BCUT2D eigenvalue weighted by Crippen LogP contribution is -2.27. The van der Waals surface area contributed by atoms with Crippen LogP contribution in [0.15, 0.2) is 0 Å². The van der Waals surface area contributed by atoms with Gasteiger partial charge in [-0.3, -0.25) is 9.59 Å². The molecule has 0 bridgehead atoms. The molecule has 0 rings (SSSR count). The van der Waals surface area contributed by atoms with Crippen LogP contribution in [0.3, 0.4) is 0 Å². The lowest BCUT2D eigenvalue weighted by molar-refractivity contribution is -0.121. The first-order chi connectivity index (χ1) is 19.0. The zero-order valence-electron chi connectivity index (χ0n) is 25.0. The highest BCUT2D eigenvalue weighted by atomic mass is 16.1. The average Bonchev–Trinajstić information content (AvgIpc) is 2.94.